The van der Waals surface area contributed by atoms with Gasteiger partial charge < -0.3 is 14.2 Å². The summed E-state index contributed by atoms with van der Waals surface area (Å²) in [5.41, 5.74) is -0.192. The van der Waals surface area contributed by atoms with Crippen molar-refractivity contribution in [3.8, 4) is 5.75 Å². The van der Waals surface area contributed by atoms with Crippen LogP contribution in [0, 0.1) is 5.92 Å². The molecule has 0 saturated heterocycles. The Balaban J connectivity index is 2.46. The first-order chi connectivity index (χ1) is 10.7. The fourth-order valence-electron chi connectivity index (χ4n) is 1.77. The second-order valence-electron chi connectivity index (χ2n) is 6.76. The van der Waals surface area contributed by atoms with Gasteiger partial charge in [-0.25, -0.2) is 9.59 Å². The molecule has 0 aliphatic heterocycles. The van der Waals surface area contributed by atoms with Gasteiger partial charge >= 0.3 is 12.1 Å². The van der Waals surface area contributed by atoms with Gasteiger partial charge in [0.25, 0.3) is 0 Å². The van der Waals surface area contributed by atoms with E-state index in [1.807, 2.05) is 0 Å². The molecule has 0 fully saturated rings. The summed E-state index contributed by atoms with van der Waals surface area (Å²) < 4.78 is 15.3. The Kier molecular flexibility index (Phi) is 7.07. The highest BCUT2D eigenvalue weighted by molar-refractivity contribution is 5.89. The van der Waals surface area contributed by atoms with E-state index in [0.29, 0.717) is 23.8 Å². The van der Waals surface area contributed by atoms with Gasteiger partial charge in [-0.15, -0.1) is 0 Å². The minimum absolute atomic E-state index is 0.315. The molecule has 0 radical (unpaired) electrons. The molecular formula is C18H26O5. The third-order valence-corrected chi connectivity index (χ3v) is 2.84. The topological polar surface area (TPSA) is 61.8 Å². The maximum Gasteiger partial charge on any atom is 0.514 e. The van der Waals surface area contributed by atoms with Gasteiger partial charge in [0.1, 0.15) is 11.4 Å². The third-order valence-electron chi connectivity index (χ3n) is 2.84. The highest BCUT2D eigenvalue weighted by Gasteiger charge is 2.18. The normalized spacial score (nSPS) is 11.2. The fraction of sp³-hybridized carbons (Fsp3) is 0.556. The molecule has 23 heavy (non-hydrogen) atoms. The minimum Gasteiger partial charge on any atom is -0.462 e. The molecule has 0 atom stereocenters. The quantitative estimate of drug-likeness (QED) is 0.435. The van der Waals surface area contributed by atoms with Gasteiger partial charge in [0, 0.05) is 0 Å². The van der Waals surface area contributed by atoms with E-state index in [-0.39, 0.29) is 5.97 Å². The highest BCUT2D eigenvalue weighted by Crippen LogP contribution is 2.16. The van der Waals surface area contributed by atoms with Crippen LogP contribution < -0.4 is 4.74 Å². The first-order valence-corrected chi connectivity index (χ1v) is 7.85. The van der Waals surface area contributed by atoms with Crippen molar-refractivity contribution in [3.63, 3.8) is 0 Å². The van der Waals surface area contributed by atoms with E-state index < -0.39 is 11.8 Å². The Morgan fingerprint density at radius 3 is 2.22 bits per heavy atom. The van der Waals surface area contributed by atoms with Gasteiger partial charge in [0.05, 0.1) is 12.2 Å². The number of carbonyl (C=O) groups is 2. The van der Waals surface area contributed by atoms with E-state index in [1.165, 1.54) is 12.1 Å². The van der Waals surface area contributed by atoms with Crippen LogP contribution in [0.1, 0.15) is 57.8 Å². The summed E-state index contributed by atoms with van der Waals surface area (Å²) in [7, 11) is 0. The Bertz CT molecular complexity index is 511. The standard InChI is InChI=1S/C18H26O5/c1-13(2)7-6-12-21-16(19)14-8-10-15(11-9-14)22-17(20)23-18(3,4)5/h8-11,13H,6-7,12H2,1-5H3. The van der Waals surface area contributed by atoms with E-state index in [0.717, 1.165) is 12.8 Å². The van der Waals surface area contributed by atoms with Crippen LogP contribution in [0.4, 0.5) is 4.79 Å². The van der Waals surface area contributed by atoms with Crippen LogP contribution in [0.2, 0.25) is 0 Å². The summed E-state index contributed by atoms with van der Waals surface area (Å²) in [6.07, 6.45) is 1.10. The van der Waals surface area contributed by atoms with Crippen LogP contribution in [0.15, 0.2) is 24.3 Å². The molecule has 0 heterocycles. The van der Waals surface area contributed by atoms with Gasteiger partial charge in [-0.2, -0.15) is 0 Å². The van der Waals surface area contributed by atoms with Crippen molar-refractivity contribution in [1.82, 2.24) is 0 Å². The zero-order chi connectivity index (χ0) is 17.5. The summed E-state index contributed by atoms with van der Waals surface area (Å²) in [4.78, 5) is 23.4. The van der Waals surface area contributed by atoms with Crippen molar-refractivity contribution in [2.45, 2.75) is 53.1 Å². The molecule has 0 aliphatic rings. The maximum absolute atomic E-state index is 11.9. The molecular weight excluding hydrogens is 296 g/mol. The van der Waals surface area contributed by atoms with Crippen molar-refractivity contribution in [3.05, 3.63) is 29.8 Å². The summed E-state index contributed by atoms with van der Waals surface area (Å²) in [5.74, 6) is 0.533. The predicted molar refractivity (Wildman–Crippen MR) is 87.7 cm³/mol. The Labute approximate surface area is 137 Å². The van der Waals surface area contributed by atoms with Crippen LogP contribution in [0.25, 0.3) is 0 Å². The third kappa shape index (κ3) is 8.24. The molecule has 0 unspecified atom stereocenters. The molecule has 5 nitrogen and oxygen atoms in total. The molecule has 0 saturated carbocycles. The number of carbonyl (C=O) groups excluding carboxylic acids is 2. The Morgan fingerprint density at radius 1 is 1.09 bits per heavy atom. The summed E-state index contributed by atoms with van der Waals surface area (Å²) in [6.45, 7) is 9.94. The number of hydrogen-bond donors (Lipinski definition) is 0. The predicted octanol–water partition coefficient (Wildman–Crippen LogP) is 4.59. The SMILES string of the molecule is CC(C)CCCOC(=O)c1ccc(OC(=O)OC(C)(C)C)cc1. The number of benzene rings is 1. The summed E-state index contributed by atoms with van der Waals surface area (Å²) in [6, 6.07) is 6.19. The monoisotopic (exact) mass is 322 g/mol. The van der Waals surface area contributed by atoms with Crippen LogP contribution >= 0.6 is 0 Å². The molecule has 0 spiro atoms. The second-order valence-corrected chi connectivity index (χ2v) is 6.76. The average molecular weight is 322 g/mol. The van der Waals surface area contributed by atoms with Crippen LogP contribution in [0.3, 0.4) is 0 Å². The van der Waals surface area contributed by atoms with Gasteiger partial charge in [0.2, 0.25) is 0 Å². The van der Waals surface area contributed by atoms with E-state index >= 15 is 0 Å². The van der Waals surface area contributed by atoms with Crippen molar-refractivity contribution in [1.29, 1.82) is 0 Å². The summed E-state index contributed by atoms with van der Waals surface area (Å²) >= 11 is 0. The lowest BCUT2D eigenvalue weighted by Crippen LogP contribution is -2.25. The van der Waals surface area contributed by atoms with Gasteiger partial charge in [0.15, 0.2) is 0 Å². The van der Waals surface area contributed by atoms with Crippen molar-refractivity contribution in [2.24, 2.45) is 5.92 Å². The zero-order valence-corrected chi connectivity index (χ0v) is 14.5. The first kappa shape index (κ1) is 19.0. The van der Waals surface area contributed by atoms with Gasteiger partial charge in [-0.05, 0) is 63.8 Å². The van der Waals surface area contributed by atoms with E-state index in [9.17, 15) is 9.59 Å². The smallest absolute Gasteiger partial charge is 0.462 e. The molecule has 0 amide bonds. The molecule has 0 N–H and O–H groups in total. The van der Waals surface area contributed by atoms with Crippen LogP contribution in [0.5, 0.6) is 5.75 Å². The minimum atomic E-state index is -0.776. The molecule has 128 valence electrons. The van der Waals surface area contributed by atoms with Crippen molar-refractivity contribution in [2.75, 3.05) is 6.61 Å². The van der Waals surface area contributed by atoms with Crippen molar-refractivity contribution >= 4 is 12.1 Å². The second kappa shape index (κ2) is 8.56. The van der Waals surface area contributed by atoms with E-state index in [2.05, 4.69) is 13.8 Å². The molecule has 1 rings (SSSR count). The van der Waals surface area contributed by atoms with Crippen LogP contribution in [-0.2, 0) is 9.47 Å². The maximum atomic E-state index is 11.9. The van der Waals surface area contributed by atoms with Crippen molar-refractivity contribution < 1.29 is 23.8 Å². The van der Waals surface area contributed by atoms with E-state index in [4.69, 9.17) is 14.2 Å². The molecule has 1 aromatic carbocycles. The number of rotatable bonds is 6. The highest BCUT2D eigenvalue weighted by atomic mass is 16.7. The average Bonchev–Trinajstić information content (AvgIpc) is 2.41. The Morgan fingerprint density at radius 2 is 1.70 bits per heavy atom. The first-order valence-electron chi connectivity index (χ1n) is 7.85. The molecule has 1 aromatic rings. The van der Waals surface area contributed by atoms with Gasteiger partial charge in [-0.3, -0.25) is 0 Å². The molecule has 0 aliphatic carbocycles. The van der Waals surface area contributed by atoms with E-state index in [1.54, 1.807) is 32.9 Å². The number of hydrogen-bond acceptors (Lipinski definition) is 5. The molecule has 5 heteroatoms. The largest absolute Gasteiger partial charge is 0.514 e. The molecule has 0 bridgehead atoms. The van der Waals surface area contributed by atoms with Crippen LogP contribution in [-0.4, -0.2) is 24.3 Å². The Hall–Kier alpha value is -2.04. The molecule has 0 aromatic heterocycles. The lowest BCUT2D eigenvalue weighted by atomic mass is 10.1. The number of esters is 1. The number of ether oxygens (including phenoxy) is 3. The summed E-state index contributed by atoms with van der Waals surface area (Å²) in [5, 5.41) is 0. The lowest BCUT2D eigenvalue weighted by Gasteiger charge is -2.18. The van der Waals surface area contributed by atoms with Gasteiger partial charge in [-0.1, -0.05) is 13.8 Å². The zero-order valence-electron chi connectivity index (χ0n) is 14.5. The lowest BCUT2D eigenvalue weighted by molar-refractivity contribution is 0.0206. The fourth-order valence-corrected chi connectivity index (χ4v) is 1.77.